The summed E-state index contributed by atoms with van der Waals surface area (Å²) in [7, 11) is 0. The number of likely N-dealkylation sites (tertiary alicyclic amines) is 1. The largest absolute Gasteiger partial charge is 0.462 e. The van der Waals surface area contributed by atoms with Crippen molar-refractivity contribution in [1.82, 2.24) is 20.0 Å². The number of aromatic nitrogens is 2. The van der Waals surface area contributed by atoms with Crippen molar-refractivity contribution in [2.24, 2.45) is 11.3 Å². The summed E-state index contributed by atoms with van der Waals surface area (Å²) in [5, 5.41) is 7.96. The van der Waals surface area contributed by atoms with E-state index in [9.17, 15) is 14.4 Å². The van der Waals surface area contributed by atoms with Crippen LogP contribution in [0.15, 0.2) is 24.3 Å². The molecule has 0 bridgehead atoms. The molecule has 2 aromatic rings. The number of ether oxygens (including phenoxy) is 2. The SMILES string of the molecule is CCn1nc(C[C@@H](C)COC(=O)c2cccc(C(=O)N3CCCC3)c2)c2c1C(=O)NCC1(CCOCC1)C2. The molecule has 0 unspecified atom stereocenters. The molecule has 1 N–H and O–H groups in total. The van der Waals surface area contributed by atoms with Crippen LogP contribution in [0, 0.1) is 11.3 Å². The first-order valence-corrected chi connectivity index (χ1v) is 13.9. The predicted molar refractivity (Wildman–Crippen MR) is 141 cm³/mol. The van der Waals surface area contributed by atoms with Crippen molar-refractivity contribution < 1.29 is 23.9 Å². The van der Waals surface area contributed by atoms with Gasteiger partial charge >= 0.3 is 5.97 Å². The van der Waals surface area contributed by atoms with Crippen molar-refractivity contribution in [2.45, 2.75) is 58.9 Å². The fourth-order valence-corrected chi connectivity index (χ4v) is 5.90. The van der Waals surface area contributed by atoms with Gasteiger partial charge in [0, 0.05) is 50.5 Å². The maximum Gasteiger partial charge on any atom is 0.338 e. The van der Waals surface area contributed by atoms with Crippen molar-refractivity contribution in [2.75, 3.05) is 39.5 Å². The molecule has 0 saturated carbocycles. The molecule has 3 aliphatic heterocycles. The van der Waals surface area contributed by atoms with E-state index in [1.807, 2.05) is 18.7 Å². The van der Waals surface area contributed by atoms with Crippen molar-refractivity contribution in [3.63, 3.8) is 0 Å². The third kappa shape index (κ3) is 5.48. The van der Waals surface area contributed by atoms with Gasteiger partial charge in [0.25, 0.3) is 11.8 Å². The molecule has 3 aliphatic rings. The van der Waals surface area contributed by atoms with E-state index in [4.69, 9.17) is 14.6 Å². The lowest BCUT2D eigenvalue weighted by molar-refractivity contribution is 0.0160. The second kappa shape index (κ2) is 11.3. The van der Waals surface area contributed by atoms with Crippen LogP contribution in [0.2, 0.25) is 0 Å². The highest BCUT2D eigenvalue weighted by molar-refractivity contribution is 5.98. The maximum atomic E-state index is 13.0. The number of hydrogen-bond donors (Lipinski definition) is 1. The molecular formula is C29H38N4O5. The number of carbonyl (C=O) groups excluding carboxylic acids is 3. The van der Waals surface area contributed by atoms with E-state index in [1.165, 1.54) is 0 Å². The number of amides is 2. The molecule has 1 spiro atoms. The van der Waals surface area contributed by atoms with E-state index in [-0.39, 0.29) is 29.8 Å². The van der Waals surface area contributed by atoms with Gasteiger partial charge < -0.3 is 19.7 Å². The molecule has 1 aromatic heterocycles. The molecule has 2 amide bonds. The van der Waals surface area contributed by atoms with Crippen LogP contribution in [0.3, 0.4) is 0 Å². The number of benzene rings is 1. The van der Waals surface area contributed by atoms with Gasteiger partial charge in [0.1, 0.15) is 5.69 Å². The molecule has 1 aromatic carbocycles. The van der Waals surface area contributed by atoms with Crippen LogP contribution in [0.25, 0.3) is 0 Å². The number of esters is 1. The summed E-state index contributed by atoms with van der Waals surface area (Å²) >= 11 is 0. The number of aryl methyl sites for hydroxylation is 1. The van der Waals surface area contributed by atoms with E-state index in [0.29, 0.717) is 49.5 Å². The molecule has 1 atom stereocenters. The number of nitrogens with zero attached hydrogens (tertiary/aromatic N) is 3. The quantitative estimate of drug-likeness (QED) is 0.560. The Hall–Kier alpha value is -3.20. The second-order valence-corrected chi connectivity index (χ2v) is 11.0. The van der Waals surface area contributed by atoms with E-state index >= 15 is 0 Å². The highest BCUT2D eigenvalue weighted by atomic mass is 16.5. The molecule has 9 nitrogen and oxygen atoms in total. The monoisotopic (exact) mass is 522 g/mol. The third-order valence-corrected chi connectivity index (χ3v) is 8.16. The third-order valence-electron chi connectivity index (χ3n) is 8.16. The molecule has 204 valence electrons. The van der Waals surface area contributed by atoms with E-state index in [2.05, 4.69) is 5.32 Å². The summed E-state index contributed by atoms with van der Waals surface area (Å²) in [6, 6.07) is 6.79. The van der Waals surface area contributed by atoms with Gasteiger partial charge in [0.2, 0.25) is 0 Å². The summed E-state index contributed by atoms with van der Waals surface area (Å²) in [6.07, 6.45) is 5.27. The second-order valence-electron chi connectivity index (χ2n) is 11.0. The molecule has 4 heterocycles. The maximum absolute atomic E-state index is 13.0. The van der Waals surface area contributed by atoms with Gasteiger partial charge in [-0.1, -0.05) is 13.0 Å². The average Bonchev–Trinajstić information content (AvgIpc) is 3.56. The minimum absolute atomic E-state index is 0.00891. The molecule has 5 rings (SSSR count). The average molecular weight is 523 g/mol. The number of carbonyl (C=O) groups is 3. The topological polar surface area (TPSA) is 103 Å². The first-order chi connectivity index (χ1) is 18.4. The Morgan fingerprint density at radius 2 is 1.92 bits per heavy atom. The Kier molecular flexibility index (Phi) is 7.83. The summed E-state index contributed by atoms with van der Waals surface area (Å²) < 4.78 is 13.1. The summed E-state index contributed by atoms with van der Waals surface area (Å²) in [6.45, 7) is 8.45. The van der Waals surface area contributed by atoms with Gasteiger partial charge in [-0.3, -0.25) is 14.3 Å². The highest BCUT2D eigenvalue weighted by Crippen LogP contribution is 2.38. The zero-order valence-electron chi connectivity index (χ0n) is 22.5. The molecule has 2 fully saturated rings. The number of fused-ring (bicyclic) bond motifs is 1. The molecule has 0 aliphatic carbocycles. The van der Waals surface area contributed by atoms with Crippen molar-refractivity contribution in [1.29, 1.82) is 0 Å². The molecular weight excluding hydrogens is 484 g/mol. The molecule has 9 heteroatoms. The van der Waals surface area contributed by atoms with Crippen molar-refractivity contribution in [3.05, 3.63) is 52.3 Å². The first-order valence-electron chi connectivity index (χ1n) is 13.9. The Morgan fingerprint density at radius 3 is 2.66 bits per heavy atom. The lowest BCUT2D eigenvalue weighted by atomic mass is 9.75. The zero-order chi connectivity index (χ0) is 26.7. The number of hydrogen-bond acceptors (Lipinski definition) is 6. The van der Waals surface area contributed by atoms with Crippen LogP contribution in [-0.4, -0.2) is 71.9 Å². The lowest BCUT2D eigenvalue weighted by Crippen LogP contribution is -2.40. The van der Waals surface area contributed by atoms with Crippen LogP contribution in [0.1, 0.15) is 82.0 Å². The van der Waals surface area contributed by atoms with Gasteiger partial charge in [0.05, 0.1) is 17.9 Å². The standard InChI is InChI=1S/C29H38N4O5/c1-3-33-25-23(17-29(19-30-26(25)34)9-13-37-14-10-29)24(31-33)15-20(2)18-38-28(36)22-8-6-7-21(16-22)27(35)32-11-4-5-12-32/h6-8,16,20H,3-5,9-15,17-19H2,1-2H3,(H,30,34)/t20-/m1/s1. The van der Waals surface area contributed by atoms with Crippen molar-refractivity contribution in [3.8, 4) is 0 Å². The van der Waals surface area contributed by atoms with Crippen LogP contribution in [-0.2, 0) is 28.9 Å². The van der Waals surface area contributed by atoms with E-state index < -0.39 is 5.97 Å². The van der Waals surface area contributed by atoms with Gasteiger partial charge in [0.15, 0.2) is 0 Å². The van der Waals surface area contributed by atoms with Gasteiger partial charge in [-0.15, -0.1) is 0 Å². The zero-order valence-corrected chi connectivity index (χ0v) is 22.5. The number of nitrogens with one attached hydrogen (secondary N) is 1. The van der Waals surface area contributed by atoms with Crippen molar-refractivity contribution >= 4 is 17.8 Å². The Bertz CT molecular complexity index is 1190. The minimum atomic E-state index is -0.439. The Labute approximate surface area is 223 Å². The van der Waals surface area contributed by atoms with E-state index in [0.717, 1.165) is 56.5 Å². The van der Waals surface area contributed by atoms with Crippen LogP contribution < -0.4 is 5.32 Å². The normalized spacial score (nSPS) is 19.5. The molecule has 0 radical (unpaired) electrons. The van der Waals surface area contributed by atoms with Crippen LogP contribution >= 0.6 is 0 Å². The van der Waals surface area contributed by atoms with Gasteiger partial charge in [-0.05, 0) is 75.0 Å². The molecule has 38 heavy (non-hydrogen) atoms. The summed E-state index contributed by atoms with van der Waals surface area (Å²) in [5.74, 6) is -0.531. The van der Waals surface area contributed by atoms with Gasteiger partial charge in [-0.2, -0.15) is 5.10 Å². The van der Waals surface area contributed by atoms with Gasteiger partial charge in [-0.25, -0.2) is 4.79 Å². The molecule has 2 saturated heterocycles. The lowest BCUT2D eigenvalue weighted by Gasteiger charge is -2.36. The number of rotatable bonds is 7. The Balaban J connectivity index is 1.26. The van der Waals surface area contributed by atoms with Crippen LogP contribution in [0.4, 0.5) is 0 Å². The smallest absolute Gasteiger partial charge is 0.338 e. The summed E-state index contributed by atoms with van der Waals surface area (Å²) in [5.41, 5.74) is 3.48. The summed E-state index contributed by atoms with van der Waals surface area (Å²) in [4.78, 5) is 40.4. The first kappa shape index (κ1) is 26.4. The van der Waals surface area contributed by atoms with E-state index in [1.54, 1.807) is 28.9 Å². The fraction of sp³-hybridized carbons (Fsp3) is 0.586. The minimum Gasteiger partial charge on any atom is -0.462 e. The predicted octanol–water partition coefficient (Wildman–Crippen LogP) is 3.26. The fourth-order valence-electron chi connectivity index (χ4n) is 5.90. The highest BCUT2D eigenvalue weighted by Gasteiger charge is 2.39. The van der Waals surface area contributed by atoms with Crippen LogP contribution in [0.5, 0.6) is 0 Å². The Morgan fingerprint density at radius 1 is 1.18 bits per heavy atom.